The van der Waals surface area contributed by atoms with E-state index in [1.807, 2.05) is 0 Å². The highest BCUT2D eigenvalue weighted by Crippen LogP contribution is 2.38. The van der Waals surface area contributed by atoms with Crippen LogP contribution in [0.1, 0.15) is 43.2 Å². The van der Waals surface area contributed by atoms with Gasteiger partial charge in [-0.3, -0.25) is 0 Å². The highest BCUT2D eigenvalue weighted by Gasteiger charge is 2.19. The fraction of sp³-hybridized carbons (Fsp3) is 0.263. The van der Waals surface area contributed by atoms with Gasteiger partial charge in [-0.2, -0.15) is 0 Å². The summed E-state index contributed by atoms with van der Waals surface area (Å²) >= 11 is 0. The molecule has 0 N–H and O–H groups in total. The number of hydrogen-bond donors (Lipinski definition) is 0. The zero-order chi connectivity index (χ0) is 13.1. The van der Waals surface area contributed by atoms with Crippen LogP contribution in [0.4, 0.5) is 0 Å². The van der Waals surface area contributed by atoms with Crippen LogP contribution < -0.4 is 0 Å². The van der Waals surface area contributed by atoms with Crippen LogP contribution in [-0.4, -0.2) is 0 Å². The summed E-state index contributed by atoms with van der Waals surface area (Å²) in [6.45, 7) is 2.31. The van der Waals surface area contributed by atoms with Crippen molar-refractivity contribution in [1.29, 1.82) is 0 Å². The maximum absolute atomic E-state index is 2.31. The molecule has 0 heterocycles. The molecule has 0 atom stereocenters. The second-order valence-corrected chi connectivity index (χ2v) is 5.46. The Morgan fingerprint density at radius 1 is 0.842 bits per heavy atom. The average molecular weight is 248 g/mol. The fourth-order valence-corrected chi connectivity index (χ4v) is 2.74. The van der Waals surface area contributed by atoms with Gasteiger partial charge in [-0.1, -0.05) is 71.8 Å². The van der Waals surface area contributed by atoms with Crippen LogP contribution in [0.3, 0.4) is 0 Å². The largest absolute Gasteiger partial charge is 0.0732 e. The zero-order valence-electron chi connectivity index (χ0n) is 11.5. The SMILES string of the molecule is CC(CC(c1ccccc1)c1ccccc1)=C1CC1. The van der Waals surface area contributed by atoms with Crippen molar-refractivity contribution in [3.8, 4) is 0 Å². The summed E-state index contributed by atoms with van der Waals surface area (Å²) in [5, 5.41) is 0. The minimum absolute atomic E-state index is 0.496. The van der Waals surface area contributed by atoms with Crippen molar-refractivity contribution in [2.45, 2.75) is 32.1 Å². The Kier molecular flexibility index (Phi) is 3.50. The summed E-state index contributed by atoms with van der Waals surface area (Å²) < 4.78 is 0. The lowest BCUT2D eigenvalue weighted by Crippen LogP contribution is -2.01. The molecule has 3 rings (SSSR count). The molecule has 19 heavy (non-hydrogen) atoms. The van der Waals surface area contributed by atoms with Gasteiger partial charge in [0.05, 0.1) is 0 Å². The minimum Gasteiger partial charge on any atom is -0.0732 e. The normalized spacial score (nSPS) is 13.7. The second-order valence-electron chi connectivity index (χ2n) is 5.46. The molecule has 0 unspecified atom stereocenters. The highest BCUT2D eigenvalue weighted by molar-refractivity contribution is 5.35. The first-order valence-corrected chi connectivity index (χ1v) is 7.12. The smallest absolute Gasteiger partial charge is 0.0126 e. The van der Waals surface area contributed by atoms with Gasteiger partial charge in [-0.15, -0.1) is 0 Å². The predicted octanol–water partition coefficient (Wildman–Crippen LogP) is 5.32. The summed E-state index contributed by atoms with van der Waals surface area (Å²) in [4.78, 5) is 0. The van der Waals surface area contributed by atoms with E-state index in [1.54, 1.807) is 11.1 Å². The Labute approximate surface area is 115 Å². The van der Waals surface area contributed by atoms with E-state index in [0.29, 0.717) is 5.92 Å². The van der Waals surface area contributed by atoms with Crippen molar-refractivity contribution in [2.75, 3.05) is 0 Å². The van der Waals surface area contributed by atoms with Gasteiger partial charge >= 0.3 is 0 Å². The number of allylic oxidation sites excluding steroid dienone is 2. The van der Waals surface area contributed by atoms with Gasteiger partial charge in [0.15, 0.2) is 0 Å². The van der Waals surface area contributed by atoms with Gasteiger partial charge in [0.2, 0.25) is 0 Å². The van der Waals surface area contributed by atoms with E-state index in [0.717, 1.165) is 6.42 Å². The summed E-state index contributed by atoms with van der Waals surface area (Å²) in [7, 11) is 0. The Bertz CT molecular complexity index is 518. The van der Waals surface area contributed by atoms with Crippen molar-refractivity contribution in [2.24, 2.45) is 0 Å². The van der Waals surface area contributed by atoms with Crippen LogP contribution >= 0.6 is 0 Å². The van der Waals surface area contributed by atoms with E-state index in [2.05, 4.69) is 67.6 Å². The van der Waals surface area contributed by atoms with Crippen LogP contribution in [0, 0.1) is 0 Å². The molecule has 0 aliphatic heterocycles. The van der Waals surface area contributed by atoms with E-state index in [1.165, 1.54) is 24.0 Å². The molecular weight excluding hydrogens is 228 g/mol. The van der Waals surface area contributed by atoms with Gasteiger partial charge in [0.25, 0.3) is 0 Å². The Morgan fingerprint density at radius 2 is 1.32 bits per heavy atom. The standard InChI is InChI=1S/C19H20/c1-15(16-12-13-16)14-19(17-8-4-2-5-9-17)18-10-6-3-7-11-18/h2-11,19H,12-14H2,1H3. The maximum atomic E-state index is 2.31. The third-order valence-electron chi connectivity index (χ3n) is 4.02. The van der Waals surface area contributed by atoms with E-state index in [9.17, 15) is 0 Å². The van der Waals surface area contributed by atoms with Crippen molar-refractivity contribution in [3.63, 3.8) is 0 Å². The first kappa shape index (κ1) is 12.2. The topological polar surface area (TPSA) is 0 Å². The molecule has 1 aliphatic rings. The summed E-state index contributed by atoms with van der Waals surface area (Å²) in [5.74, 6) is 0.496. The molecule has 0 bridgehead atoms. The monoisotopic (exact) mass is 248 g/mol. The Balaban J connectivity index is 1.94. The quantitative estimate of drug-likeness (QED) is 0.642. The summed E-state index contributed by atoms with van der Waals surface area (Å²) in [5.41, 5.74) is 6.12. The molecule has 0 radical (unpaired) electrons. The zero-order valence-corrected chi connectivity index (χ0v) is 11.5. The second kappa shape index (κ2) is 5.44. The first-order valence-electron chi connectivity index (χ1n) is 7.12. The lowest BCUT2D eigenvalue weighted by atomic mass is 9.86. The van der Waals surface area contributed by atoms with E-state index >= 15 is 0 Å². The molecule has 0 nitrogen and oxygen atoms in total. The number of rotatable bonds is 4. The van der Waals surface area contributed by atoms with Crippen LogP contribution in [0.2, 0.25) is 0 Å². The van der Waals surface area contributed by atoms with Crippen molar-refractivity contribution >= 4 is 0 Å². The van der Waals surface area contributed by atoms with Crippen molar-refractivity contribution in [1.82, 2.24) is 0 Å². The molecule has 0 saturated heterocycles. The molecule has 2 aromatic carbocycles. The van der Waals surface area contributed by atoms with Gasteiger partial charge in [0.1, 0.15) is 0 Å². The Morgan fingerprint density at radius 3 is 1.74 bits per heavy atom. The molecule has 2 aromatic rings. The minimum atomic E-state index is 0.496. The molecule has 0 amide bonds. The highest BCUT2D eigenvalue weighted by atomic mass is 14.2. The lowest BCUT2D eigenvalue weighted by Gasteiger charge is -2.18. The lowest BCUT2D eigenvalue weighted by molar-refractivity contribution is 0.793. The molecule has 0 aromatic heterocycles. The molecule has 1 fully saturated rings. The van der Waals surface area contributed by atoms with Gasteiger partial charge in [-0.05, 0) is 37.3 Å². The first-order chi connectivity index (χ1) is 9.34. The number of hydrogen-bond acceptors (Lipinski definition) is 0. The molecule has 0 spiro atoms. The number of benzene rings is 2. The maximum Gasteiger partial charge on any atom is 0.0126 e. The third-order valence-corrected chi connectivity index (χ3v) is 4.02. The molecule has 1 aliphatic carbocycles. The van der Waals surface area contributed by atoms with Gasteiger partial charge in [-0.25, -0.2) is 0 Å². The van der Waals surface area contributed by atoms with Crippen LogP contribution in [0.5, 0.6) is 0 Å². The van der Waals surface area contributed by atoms with E-state index in [4.69, 9.17) is 0 Å². The molecule has 0 heteroatoms. The van der Waals surface area contributed by atoms with Crippen LogP contribution in [0.25, 0.3) is 0 Å². The van der Waals surface area contributed by atoms with Gasteiger partial charge in [0, 0.05) is 5.92 Å². The average Bonchev–Trinajstić information content (AvgIpc) is 3.31. The predicted molar refractivity (Wildman–Crippen MR) is 81.3 cm³/mol. The molecular formula is C19H20. The third kappa shape index (κ3) is 2.96. The van der Waals surface area contributed by atoms with Crippen LogP contribution in [-0.2, 0) is 0 Å². The van der Waals surface area contributed by atoms with Crippen molar-refractivity contribution < 1.29 is 0 Å². The van der Waals surface area contributed by atoms with E-state index in [-0.39, 0.29) is 0 Å². The fourth-order valence-electron chi connectivity index (χ4n) is 2.74. The van der Waals surface area contributed by atoms with Crippen LogP contribution in [0.15, 0.2) is 71.8 Å². The Hall–Kier alpha value is -1.82. The summed E-state index contributed by atoms with van der Waals surface area (Å²) in [6, 6.07) is 21.8. The van der Waals surface area contributed by atoms with Gasteiger partial charge < -0.3 is 0 Å². The molecule has 96 valence electrons. The van der Waals surface area contributed by atoms with Crippen molar-refractivity contribution in [3.05, 3.63) is 82.9 Å². The summed E-state index contributed by atoms with van der Waals surface area (Å²) in [6.07, 6.45) is 3.80. The molecule has 1 saturated carbocycles. The van der Waals surface area contributed by atoms with E-state index < -0.39 is 0 Å².